The minimum atomic E-state index is -0.939. The number of carbonyl (C=O) groups excluding carboxylic acids is 7. The number of thiophene rings is 2. The van der Waals surface area contributed by atoms with Crippen molar-refractivity contribution in [2.24, 2.45) is 0 Å². The molecule has 4 unspecified atom stereocenters. The largest absolute Gasteiger partial charge is 0.506 e. The summed E-state index contributed by atoms with van der Waals surface area (Å²) in [6.07, 6.45) is 17.7. The summed E-state index contributed by atoms with van der Waals surface area (Å²) in [5.41, 5.74) is 7.70. The molecule has 10 aromatic rings. The third kappa shape index (κ3) is 26.3. The number of rotatable bonds is 21. The molecule has 3 N–H and O–H groups in total. The number of hydrogen-bond acceptors (Lipinski definition) is 23. The maximum absolute atomic E-state index is 13.1. The molecule has 11 aliphatic rings. The summed E-state index contributed by atoms with van der Waals surface area (Å²) in [6, 6.07) is 65.6. The fraction of sp³-hybridized carbons (Fsp3) is 0.462. The first kappa shape index (κ1) is 112. The minimum Gasteiger partial charge on any atom is -0.506 e. The van der Waals surface area contributed by atoms with Crippen molar-refractivity contribution in [1.29, 1.82) is 0 Å². The van der Waals surface area contributed by atoms with Crippen LogP contribution in [-0.4, -0.2) is 228 Å². The van der Waals surface area contributed by atoms with Gasteiger partial charge < -0.3 is 83.5 Å². The Kier molecular flexibility index (Phi) is 37.7. The molecule has 2 aromatic heterocycles. The van der Waals surface area contributed by atoms with Crippen molar-refractivity contribution in [2.75, 3.05) is 77.7 Å². The molecular weight excluding hydrogens is 1980 g/mol. The number of nitro benzene ring substituents is 1. The molecule has 8 aromatic carbocycles. The van der Waals surface area contributed by atoms with Gasteiger partial charge in [-0.3, -0.25) is 39.0 Å². The normalized spacial score (nSPS) is 21.2. The lowest BCUT2D eigenvalue weighted by molar-refractivity contribution is -0.387. The van der Waals surface area contributed by atoms with Crippen LogP contribution in [0.4, 0.5) is 59.5 Å². The number of halogens is 3. The lowest BCUT2D eigenvalue weighted by Crippen LogP contribution is -2.53. The minimum absolute atomic E-state index is 0.0144. The predicted octanol–water partition coefficient (Wildman–Crippen LogP) is 26.6. The fourth-order valence-electron chi connectivity index (χ4n) is 23.1. The van der Waals surface area contributed by atoms with E-state index in [2.05, 4.69) is 90.2 Å². The highest BCUT2D eigenvalue weighted by Crippen LogP contribution is 2.56. The molecule has 150 heavy (non-hydrogen) atoms. The van der Waals surface area contributed by atoms with Crippen LogP contribution in [0.15, 0.2) is 205 Å². The first-order valence-electron chi connectivity index (χ1n) is 53.2. The van der Waals surface area contributed by atoms with Crippen molar-refractivity contribution in [3.8, 4) is 40.2 Å². The van der Waals surface area contributed by atoms with E-state index in [1.54, 1.807) is 26.0 Å². The summed E-state index contributed by atoms with van der Waals surface area (Å²) in [5.74, 6) is 3.95. The Bertz CT molecular complexity index is 6260. The molecule has 13 heterocycles. The maximum Gasteiger partial charge on any atom is 0.410 e. The predicted molar refractivity (Wildman–Crippen MR) is 594 cm³/mol. The Hall–Kier alpha value is -12.5. The van der Waals surface area contributed by atoms with Gasteiger partial charge in [-0.1, -0.05) is 60.7 Å². The van der Waals surface area contributed by atoms with Crippen LogP contribution in [0.3, 0.4) is 0 Å². The van der Waals surface area contributed by atoms with Gasteiger partial charge in [0.05, 0.1) is 55.0 Å². The summed E-state index contributed by atoms with van der Waals surface area (Å²) in [5, 5.41) is 31.9. The van der Waals surface area contributed by atoms with Gasteiger partial charge in [0.2, 0.25) is 5.82 Å². The second-order valence-corrected chi connectivity index (χ2v) is 44.3. The maximum atomic E-state index is 13.1. The van der Waals surface area contributed by atoms with Gasteiger partial charge in [-0.2, -0.15) is 4.39 Å². The summed E-state index contributed by atoms with van der Waals surface area (Å²) in [4.78, 5) is 119. The number of nitro groups is 1. The molecule has 0 saturated carbocycles. The van der Waals surface area contributed by atoms with Crippen LogP contribution >= 0.6 is 45.9 Å². The van der Waals surface area contributed by atoms with E-state index in [9.17, 15) is 53.2 Å². The third-order valence-corrected chi connectivity index (χ3v) is 31.6. The zero-order chi connectivity index (χ0) is 107. The second kappa shape index (κ2) is 50.6. The van der Waals surface area contributed by atoms with Crippen LogP contribution in [0.2, 0.25) is 0 Å². The third-order valence-electron chi connectivity index (χ3n) is 29.9. The van der Waals surface area contributed by atoms with Crippen LogP contribution < -0.4 is 39.5 Å². The molecule has 6 amide bonds. The zero-order valence-electron chi connectivity index (χ0n) is 88.6. The van der Waals surface area contributed by atoms with E-state index in [4.69, 9.17) is 46.9 Å². The molecule has 12 atom stereocenters. The number of benzene rings is 8. The summed E-state index contributed by atoms with van der Waals surface area (Å²) in [7, 11) is 0. The summed E-state index contributed by atoms with van der Waals surface area (Å²) in [6.45, 7) is 33.4. The number of phenolic OH excluding ortho intramolecular Hbond substituents is 1. The number of amides is 6. The Balaban J connectivity index is 0.000000139. The molecule has 28 nitrogen and oxygen atoms in total. The SMILES string of the molecule is CC(C)(C)OC(=O)N1[C@@H]2CC[C@H]1CC(Nc1ccccc1O)C2.CCN(CC)C(=O)c1ccc(F)c([N+](=O)[O-])c1.CCN(CC)C(=O)c1ccc2c(c1)Oc1ccccc1N2C1C[C@H]2CC[C@@H](C1)N2.CCN(CC)C(=O)c1ccc2c(c1)Oc1ccccc1N2C1C[C@H]2CC[C@@H](C1)N2C(=O)OC(C)(C)C.CCN(CC)C(=O)c1ccc2c(c1)Oc1ccccc1N2C1C[C@H]2CC[C@@H](C1)N2Cc1cccs1.ClCCl.O=Cc1cccs1. The molecule has 8 saturated heterocycles. The van der Waals surface area contributed by atoms with E-state index in [1.165, 1.54) is 52.9 Å². The number of ether oxygens (including phenoxy) is 5. The summed E-state index contributed by atoms with van der Waals surface area (Å²) >= 11 is 12.9. The molecular formula is C117H144Cl2FN13O15S2. The summed E-state index contributed by atoms with van der Waals surface area (Å²) < 4.78 is 43.4. The van der Waals surface area contributed by atoms with Crippen LogP contribution in [0.5, 0.6) is 40.2 Å². The number of piperidine rings is 4. The smallest absolute Gasteiger partial charge is 0.410 e. The van der Waals surface area contributed by atoms with E-state index in [0.717, 1.165) is 175 Å². The van der Waals surface area contributed by atoms with Crippen molar-refractivity contribution in [3.63, 3.8) is 0 Å². The Morgan fingerprint density at radius 1 is 0.440 bits per heavy atom. The molecule has 0 spiro atoms. The van der Waals surface area contributed by atoms with Crippen molar-refractivity contribution < 1.29 is 71.7 Å². The lowest BCUT2D eigenvalue weighted by atomic mass is 9.93. The number of hydrogen-bond donors (Lipinski definition) is 3. The van der Waals surface area contributed by atoms with E-state index < -0.39 is 27.6 Å². The number of phenols is 1. The number of aldehydes is 1. The molecule has 800 valence electrons. The topological polar surface area (TPSA) is 285 Å². The molecule has 0 aliphatic carbocycles. The molecule has 8 fully saturated rings. The molecule has 8 bridgehead atoms. The Morgan fingerprint density at radius 2 is 0.780 bits per heavy atom. The number of anilines is 7. The highest BCUT2D eigenvalue weighted by Gasteiger charge is 2.51. The van der Waals surface area contributed by atoms with Crippen LogP contribution in [0, 0.1) is 15.9 Å². The van der Waals surface area contributed by atoms with Crippen molar-refractivity contribution >= 4 is 133 Å². The van der Waals surface area contributed by atoms with Gasteiger partial charge in [-0.05, 0) is 338 Å². The molecule has 21 rings (SSSR count). The fourth-order valence-corrected chi connectivity index (χ4v) is 24.3. The second-order valence-electron chi connectivity index (χ2n) is 41.5. The molecule has 11 aliphatic heterocycles. The van der Waals surface area contributed by atoms with Gasteiger partial charge in [0, 0.05) is 165 Å². The zero-order valence-corrected chi connectivity index (χ0v) is 91.7. The van der Waals surface area contributed by atoms with E-state index in [-0.39, 0.29) is 88.7 Å². The van der Waals surface area contributed by atoms with Gasteiger partial charge in [-0.15, -0.1) is 45.9 Å². The van der Waals surface area contributed by atoms with Gasteiger partial charge in [0.25, 0.3) is 23.6 Å². The number of fused-ring (bicyclic) bond motifs is 14. The first-order chi connectivity index (χ1) is 72.2. The number of nitrogens with zero attached hydrogens (tertiary/aromatic N) is 11. The number of alkyl halides is 2. The molecule has 0 radical (unpaired) electrons. The van der Waals surface area contributed by atoms with Crippen molar-refractivity contribution in [3.05, 3.63) is 253 Å². The highest BCUT2D eigenvalue weighted by atomic mass is 35.5. The van der Waals surface area contributed by atoms with Gasteiger partial charge in [0.1, 0.15) is 17.0 Å². The van der Waals surface area contributed by atoms with Crippen molar-refractivity contribution in [1.82, 2.24) is 39.6 Å². The van der Waals surface area contributed by atoms with Crippen LogP contribution in [-0.2, 0) is 16.0 Å². The number of nitrogens with one attached hydrogen (secondary N) is 2. The van der Waals surface area contributed by atoms with Gasteiger partial charge >= 0.3 is 17.9 Å². The van der Waals surface area contributed by atoms with E-state index in [1.807, 2.05) is 233 Å². The highest BCUT2D eigenvalue weighted by molar-refractivity contribution is 7.11. The average Bonchev–Trinajstić information content (AvgIpc) is 1.31. The number of carbonyl (C=O) groups is 7. The van der Waals surface area contributed by atoms with Gasteiger partial charge in [-0.25, -0.2) is 9.59 Å². The van der Waals surface area contributed by atoms with E-state index in [0.29, 0.717) is 111 Å². The van der Waals surface area contributed by atoms with Crippen LogP contribution in [0.1, 0.15) is 256 Å². The van der Waals surface area contributed by atoms with E-state index >= 15 is 0 Å². The Morgan fingerprint density at radius 3 is 1.13 bits per heavy atom. The first-order valence-corrected chi connectivity index (χ1v) is 56.0. The lowest BCUT2D eigenvalue weighted by Gasteiger charge is -2.46. The quantitative estimate of drug-likeness (QED) is 0.0198. The van der Waals surface area contributed by atoms with Crippen LogP contribution in [0.25, 0.3) is 0 Å². The Labute approximate surface area is 899 Å². The van der Waals surface area contributed by atoms with Gasteiger partial charge in [0.15, 0.2) is 40.8 Å². The van der Waals surface area contributed by atoms with Crippen molar-refractivity contribution in [2.45, 2.75) is 290 Å². The average molecular weight is 2130 g/mol. The number of para-hydroxylation sites is 8. The molecule has 33 heteroatoms. The standard InChI is InChI=1S/C29H37N3O4.C29H33N3O2S.C24H29N3O2.C18H26N2O3.C11H13FN2O3.C5H4OS.CH2Cl2/c1-6-30(7-2)27(33)19-12-15-24-26(16-19)35-25-11-9-8-10-23(25)32(24)22-17-20-13-14-21(18-22)31(20)28(34)36-29(3,4)5;1-3-30(4-2)29(33)20-11-14-26-28(16-20)34-27-10-6-5-9-25(27)32(26)23-17-21-12-13-22(18-23)31(21)19-24-8-7-15-35-24;1-3-26(4-2)24(28)16-9-12-21-23(13-16)29-22-8-6-5-7-20(22)27(21)19-14-17-10-11-18(15-19)25-17;1-18(2,3)23-17(22)20-13-8-9-14(20)11-12(10-13)19-15-6-4-5-7-16(15)21;1-3-13(4-2)11(15)8-5-6-9(12)10(7-8)14(16)17;6-4-5-2-1-3-7-5;2-1-3/h8-12,15-16,20-22H,6-7,13-14,17-18H2,1-5H3;5-11,14-16,21-23H,3-4,12-13,17-19H2,1-2H3;5-9,12-13,17-19,25H,3-4,10-11,14-15H2,1-2H3;4-7,12-14,19,21H,8-11H2,1-3H3;5-7H,3-4H2,1-2H3;1-4H;1H2/t20-,21+,22?;21-,22+,23?;17-,18+,19?;12?,13-,14+;;;. The number of aromatic hydroxyl groups is 1. The monoisotopic (exact) mass is 2120 g/mol.